The number of aromatic nitrogens is 3. The molecule has 6 heteroatoms. The fourth-order valence-corrected chi connectivity index (χ4v) is 2.09. The maximum absolute atomic E-state index is 11.8. The maximum atomic E-state index is 11.8. The molecule has 0 aliphatic heterocycles. The van der Waals surface area contributed by atoms with E-state index in [1.165, 1.54) is 0 Å². The molecular formula is C15H16N4O2. The molecule has 0 saturated carbocycles. The predicted molar refractivity (Wildman–Crippen MR) is 77.7 cm³/mol. The summed E-state index contributed by atoms with van der Waals surface area (Å²) in [5.41, 5.74) is 2.44. The zero-order valence-corrected chi connectivity index (χ0v) is 11.7. The molecule has 21 heavy (non-hydrogen) atoms. The number of carbonyl (C=O) groups excluding carboxylic acids is 1. The van der Waals surface area contributed by atoms with Crippen LogP contribution in [-0.4, -0.2) is 27.2 Å². The zero-order valence-electron chi connectivity index (χ0n) is 11.7. The zero-order chi connectivity index (χ0) is 14.7. The van der Waals surface area contributed by atoms with Crippen molar-refractivity contribution in [1.82, 2.24) is 20.1 Å². The van der Waals surface area contributed by atoms with E-state index in [2.05, 4.69) is 15.4 Å². The number of oxazole rings is 1. The Balaban J connectivity index is 1.51. The summed E-state index contributed by atoms with van der Waals surface area (Å²) >= 11 is 0. The standard InChI is InChI=1S/C15H16N4O2/c1-11-6-8-19(18-11)9-7-16-14(20)10-15-17-12-4-2-3-5-13(12)21-15/h2-6,8H,7,9-10H2,1H3,(H,16,20). The van der Waals surface area contributed by atoms with Gasteiger partial charge >= 0.3 is 0 Å². The molecule has 2 aromatic heterocycles. The Labute approximate surface area is 121 Å². The number of nitrogens with one attached hydrogen (secondary N) is 1. The Morgan fingerprint density at radius 1 is 1.33 bits per heavy atom. The quantitative estimate of drug-likeness (QED) is 0.774. The van der Waals surface area contributed by atoms with Gasteiger partial charge in [-0.05, 0) is 25.1 Å². The van der Waals surface area contributed by atoms with Crippen molar-refractivity contribution in [2.24, 2.45) is 0 Å². The molecule has 1 N–H and O–H groups in total. The summed E-state index contributed by atoms with van der Waals surface area (Å²) in [5, 5.41) is 7.09. The summed E-state index contributed by atoms with van der Waals surface area (Å²) in [4.78, 5) is 16.1. The van der Waals surface area contributed by atoms with Crippen molar-refractivity contribution < 1.29 is 9.21 Å². The van der Waals surface area contributed by atoms with Gasteiger partial charge < -0.3 is 9.73 Å². The van der Waals surface area contributed by atoms with E-state index in [9.17, 15) is 4.79 Å². The second-order valence-electron chi connectivity index (χ2n) is 4.82. The van der Waals surface area contributed by atoms with Gasteiger partial charge in [-0.1, -0.05) is 12.1 Å². The van der Waals surface area contributed by atoms with Crippen LogP contribution >= 0.6 is 0 Å². The number of hydrogen-bond donors (Lipinski definition) is 1. The van der Waals surface area contributed by atoms with Crippen molar-refractivity contribution in [3.8, 4) is 0 Å². The van der Waals surface area contributed by atoms with Crippen molar-refractivity contribution in [2.75, 3.05) is 6.54 Å². The first-order chi connectivity index (χ1) is 10.2. The first-order valence-electron chi connectivity index (χ1n) is 6.82. The summed E-state index contributed by atoms with van der Waals surface area (Å²) in [6, 6.07) is 9.40. The molecule has 0 unspecified atom stereocenters. The molecule has 0 aliphatic rings. The third-order valence-electron chi connectivity index (χ3n) is 3.09. The summed E-state index contributed by atoms with van der Waals surface area (Å²) in [7, 11) is 0. The molecular weight excluding hydrogens is 268 g/mol. The van der Waals surface area contributed by atoms with Crippen LogP contribution in [0, 0.1) is 6.92 Å². The lowest BCUT2D eigenvalue weighted by molar-refractivity contribution is -0.120. The maximum Gasteiger partial charge on any atom is 0.229 e. The predicted octanol–water partition coefficient (Wildman–Crippen LogP) is 1.69. The van der Waals surface area contributed by atoms with E-state index < -0.39 is 0 Å². The van der Waals surface area contributed by atoms with Gasteiger partial charge in [-0.15, -0.1) is 0 Å². The van der Waals surface area contributed by atoms with Crippen LogP contribution in [0.25, 0.3) is 11.1 Å². The van der Waals surface area contributed by atoms with E-state index in [0.29, 0.717) is 24.6 Å². The highest BCUT2D eigenvalue weighted by molar-refractivity contribution is 5.79. The van der Waals surface area contributed by atoms with Gasteiger partial charge in [-0.2, -0.15) is 5.10 Å². The molecule has 0 aliphatic carbocycles. The van der Waals surface area contributed by atoms with Crippen LogP contribution in [0.15, 0.2) is 40.9 Å². The molecule has 0 saturated heterocycles. The molecule has 0 spiro atoms. The largest absolute Gasteiger partial charge is 0.440 e. The number of carbonyl (C=O) groups is 1. The van der Waals surface area contributed by atoms with Crippen LogP contribution in [0.4, 0.5) is 0 Å². The third kappa shape index (κ3) is 3.28. The summed E-state index contributed by atoms with van der Waals surface area (Å²) in [6.07, 6.45) is 2.04. The molecule has 0 bridgehead atoms. The molecule has 1 amide bonds. The number of benzene rings is 1. The average molecular weight is 284 g/mol. The number of amides is 1. The van der Waals surface area contributed by atoms with E-state index in [1.807, 2.05) is 43.5 Å². The number of nitrogens with zero attached hydrogens (tertiary/aromatic N) is 3. The van der Waals surface area contributed by atoms with Gasteiger partial charge in [-0.3, -0.25) is 9.48 Å². The minimum absolute atomic E-state index is 0.106. The van der Waals surface area contributed by atoms with Crippen LogP contribution in [0.3, 0.4) is 0 Å². The van der Waals surface area contributed by atoms with Crippen molar-refractivity contribution in [1.29, 1.82) is 0 Å². The molecule has 1 aromatic carbocycles. The Morgan fingerprint density at radius 2 is 2.19 bits per heavy atom. The van der Waals surface area contributed by atoms with Crippen molar-refractivity contribution in [3.63, 3.8) is 0 Å². The van der Waals surface area contributed by atoms with Crippen LogP contribution in [0.5, 0.6) is 0 Å². The number of aryl methyl sites for hydroxylation is 1. The summed E-state index contributed by atoms with van der Waals surface area (Å²) in [5.74, 6) is 0.328. The number of para-hydroxylation sites is 2. The van der Waals surface area contributed by atoms with Gasteiger partial charge in [0.2, 0.25) is 11.8 Å². The Morgan fingerprint density at radius 3 is 2.95 bits per heavy atom. The number of hydrogen-bond acceptors (Lipinski definition) is 4. The highest BCUT2D eigenvalue weighted by Gasteiger charge is 2.09. The fourth-order valence-electron chi connectivity index (χ4n) is 2.09. The van der Waals surface area contributed by atoms with Crippen molar-refractivity contribution in [2.45, 2.75) is 19.9 Å². The van der Waals surface area contributed by atoms with E-state index in [1.54, 1.807) is 4.68 Å². The van der Waals surface area contributed by atoms with E-state index in [4.69, 9.17) is 4.42 Å². The first kappa shape index (κ1) is 13.4. The average Bonchev–Trinajstić information content (AvgIpc) is 3.04. The molecule has 0 atom stereocenters. The topological polar surface area (TPSA) is 73.0 Å². The number of fused-ring (bicyclic) bond motifs is 1. The monoisotopic (exact) mass is 284 g/mol. The molecule has 2 heterocycles. The van der Waals surface area contributed by atoms with Crippen LogP contribution < -0.4 is 5.32 Å². The molecule has 3 rings (SSSR count). The van der Waals surface area contributed by atoms with Crippen molar-refractivity contribution in [3.05, 3.63) is 48.1 Å². The lowest BCUT2D eigenvalue weighted by atomic mass is 10.3. The Kier molecular flexibility index (Phi) is 3.68. The minimum atomic E-state index is -0.106. The van der Waals surface area contributed by atoms with Crippen LogP contribution in [-0.2, 0) is 17.8 Å². The van der Waals surface area contributed by atoms with Gasteiger partial charge in [0.1, 0.15) is 11.9 Å². The fraction of sp³-hybridized carbons (Fsp3) is 0.267. The molecule has 3 aromatic rings. The van der Waals surface area contributed by atoms with Crippen LogP contribution in [0.2, 0.25) is 0 Å². The van der Waals surface area contributed by atoms with Crippen molar-refractivity contribution >= 4 is 17.0 Å². The summed E-state index contributed by atoms with van der Waals surface area (Å²) < 4.78 is 7.32. The smallest absolute Gasteiger partial charge is 0.229 e. The lowest BCUT2D eigenvalue weighted by Gasteiger charge is -2.03. The van der Waals surface area contributed by atoms with E-state index >= 15 is 0 Å². The van der Waals surface area contributed by atoms with Gasteiger partial charge in [0.15, 0.2) is 5.58 Å². The first-order valence-corrected chi connectivity index (χ1v) is 6.82. The normalized spacial score (nSPS) is 10.9. The third-order valence-corrected chi connectivity index (χ3v) is 3.09. The molecule has 0 radical (unpaired) electrons. The van der Waals surface area contributed by atoms with Gasteiger partial charge in [-0.25, -0.2) is 4.98 Å². The minimum Gasteiger partial charge on any atom is -0.440 e. The van der Waals surface area contributed by atoms with E-state index in [-0.39, 0.29) is 12.3 Å². The van der Waals surface area contributed by atoms with Gasteiger partial charge in [0.05, 0.1) is 12.2 Å². The van der Waals surface area contributed by atoms with E-state index in [0.717, 1.165) is 11.2 Å². The summed E-state index contributed by atoms with van der Waals surface area (Å²) in [6.45, 7) is 3.11. The lowest BCUT2D eigenvalue weighted by Crippen LogP contribution is -2.28. The highest BCUT2D eigenvalue weighted by atomic mass is 16.3. The number of rotatable bonds is 5. The molecule has 108 valence electrons. The second kappa shape index (κ2) is 5.78. The van der Waals surface area contributed by atoms with Crippen LogP contribution in [0.1, 0.15) is 11.6 Å². The molecule has 0 fully saturated rings. The van der Waals surface area contributed by atoms with Gasteiger partial charge in [0, 0.05) is 12.7 Å². The Hall–Kier alpha value is -2.63. The van der Waals surface area contributed by atoms with Gasteiger partial charge in [0.25, 0.3) is 0 Å². The Bertz CT molecular complexity index is 727. The highest BCUT2D eigenvalue weighted by Crippen LogP contribution is 2.14. The molecule has 6 nitrogen and oxygen atoms in total. The SMILES string of the molecule is Cc1ccn(CCNC(=O)Cc2nc3ccccc3o2)n1. The second-order valence-corrected chi connectivity index (χ2v) is 4.82.